The van der Waals surface area contributed by atoms with Crippen LogP contribution < -0.4 is 5.09 Å². The Labute approximate surface area is 148 Å². The number of rotatable bonds is 7. The Morgan fingerprint density at radius 3 is 2.60 bits per heavy atom. The topological polar surface area (TPSA) is 51.2 Å². The van der Waals surface area contributed by atoms with Crippen molar-refractivity contribution in [3.63, 3.8) is 0 Å². The van der Waals surface area contributed by atoms with Gasteiger partial charge in [0.25, 0.3) is 7.52 Å². The molecule has 130 valence electrons. The van der Waals surface area contributed by atoms with Crippen LogP contribution in [0.1, 0.15) is 18.1 Å². The van der Waals surface area contributed by atoms with Crippen LogP contribution >= 0.6 is 7.52 Å². The van der Waals surface area contributed by atoms with E-state index in [2.05, 4.69) is 41.3 Å². The summed E-state index contributed by atoms with van der Waals surface area (Å²) in [5.74, 6) is 0. The number of hydrogen-bond donors (Lipinski definition) is 1. The normalized spacial score (nSPS) is 13.5. The fraction of sp³-hybridized carbons (Fsp3) is 0.250. The SMILES string of the molecule is CCOP(=O)(CCc1ccc(C)cc1)Nc1cccc2cccnc12. The Bertz CT molecular complexity index is 888. The van der Waals surface area contributed by atoms with Crippen molar-refractivity contribution in [2.75, 3.05) is 17.9 Å². The molecular formula is C20H23N2O2P. The summed E-state index contributed by atoms with van der Waals surface area (Å²) < 4.78 is 18.9. The van der Waals surface area contributed by atoms with Crippen molar-refractivity contribution >= 4 is 24.1 Å². The highest BCUT2D eigenvalue weighted by Crippen LogP contribution is 2.48. The molecule has 0 saturated carbocycles. The Kier molecular flexibility index (Phi) is 5.52. The number of nitrogens with one attached hydrogen (secondary N) is 1. The van der Waals surface area contributed by atoms with Crippen molar-refractivity contribution in [1.29, 1.82) is 0 Å². The number of benzene rings is 2. The molecule has 0 aliphatic carbocycles. The third kappa shape index (κ3) is 4.47. The van der Waals surface area contributed by atoms with Crippen molar-refractivity contribution in [1.82, 2.24) is 4.98 Å². The van der Waals surface area contributed by atoms with E-state index in [1.54, 1.807) is 6.20 Å². The van der Waals surface area contributed by atoms with E-state index < -0.39 is 7.52 Å². The Balaban J connectivity index is 1.81. The van der Waals surface area contributed by atoms with Gasteiger partial charge in [-0.1, -0.05) is 48.0 Å². The second kappa shape index (κ2) is 7.81. The first-order valence-electron chi connectivity index (χ1n) is 8.51. The lowest BCUT2D eigenvalue weighted by Gasteiger charge is -2.21. The van der Waals surface area contributed by atoms with E-state index in [1.807, 2.05) is 37.3 Å². The quantitative estimate of drug-likeness (QED) is 0.575. The zero-order valence-corrected chi connectivity index (χ0v) is 15.5. The number of nitrogens with zero attached hydrogens (tertiary/aromatic N) is 1. The molecule has 0 saturated heterocycles. The molecule has 1 atom stereocenters. The Morgan fingerprint density at radius 2 is 1.84 bits per heavy atom. The Hall–Kier alpha value is -2.16. The van der Waals surface area contributed by atoms with Crippen LogP contribution in [0.2, 0.25) is 0 Å². The first-order chi connectivity index (χ1) is 12.1. The predicted octanol–water partition coefficient (Wildman–Crippen LogP) is 5.43. The standard InChI is InChI=1S/C20H23N2O2P/c1-3-24-25(23,15-13-17-11-9-16(2)10-12-17)22-19-8-4-6-18-7-5-14-21-20(18)19/h4-12,14H,3,13,15H2,1-2H3,(H,22,23). The van der Waals surface area contributed by atoms with Gasteiger partial charge in [0.05, 0.1) is 17.8 Å². The van der Waals surface area contributed by atoms with Gasteiger partial charge in [0.15, 0.2) is 0 Å². The number of hydrogen-bond acceptors (Lipinski definition) is 3. The molecule has 0 amide bonds. The molecule has 0 fully saturated rings. The maximum atomic E-state index is 13.3. The maximum Gasteiger partial charge on any atom is 0.294 e. The van der Waals surface area contributed by atoms with Gasteiger partial charge in [0.1, 0.15) is 0 Å². The lowest BCUT2D eigenvalue weighted by atomic mass is 10.1. The average molecular weight is 354 g/mol. The van der Waals surface area contributed by atoms with Crippen LogP contribution in [-0.2, 0) is 15.5 Å². The number of aryl methyl sites for hydroxylation is 2. The molecule has 0 aliphatic heterocycles. The van der Waals surface area contributed by atoms with Gasteiger partial charge < -0.3 is 9.61 Å². The van der Waals surface area contributed by atoms with E-state index in [4.69, 9.17) is 4.52 Å². The molecule has 1 unspecified atom stereocenters. The van der Waals surface area contributed by atoms with Gasteiger partial charge in [0, 0.05) is 17.7 Å². The minimum atomic E-state index is -3.01. The van der Waals surface area contributed by atoms with Crippen molar-refractivity contribution in [3.05, 3.63) is 71.9 Å². The van der Waals surface area contributed by atoms with E-state index in [0.717, 1.165) is 22.2 Å². The summed E-state index contributed by atoms with van der Waals surface area (Å²) in [4.78, 5) is 4.41. The van der Waals surface area contributed by atoms with Crippen molar-refractivity contribution < 1.29 is 9.09 Å². The van der Waals surface area contributed by atoms with Gasteiger partial charge in [-0.25, -0.2) is 0 Å². The monoisotopic (exact) mass is 354 g/mol. The van der Waals surface area contributed by atoms with Gasteiger partial charge in [-0.3, -0.25) is 9.55 Å². The van der Waals surface area contributed by atoms with Crippen LogP contribution in [-0.4, -0.2) is 17.8 Å². The average Bonchev–Trinajstić information content (AvgIpc) is 2.62. The number of anilines is 1. The summed E-state index contributed by atoms with van der Waals surface area (Å²) in [5.41, 5.74) is 3.93. The minimum Gasteiger partial charge on any atom is -0.314 e. The molecule has 3 aromatic rings. The highest BCUT2D eigenvalue weighted by molar-refractivity contribution is 7.60. The van der Waals surface area contributed by atoms with Gasteiger partial charge in [-0.15, -0.1) is 0 Å². The van der Waals surface area contributed by atoms with E-state index in [0.29, 0.717) is 19.2 Å². The molecule has 1 aromatic heterocycles. The van der Waals surface area contributed by atoms with Crippen LogP contribution in [0.3, 0.4) is 0 Å². The second-order valence-electron chi connectivity index (χ2n) is 6.04. The number of para-hydroxylation sites is 1. The summed E-state index contributed by atoms with van der Waals surface area (Å²) in [7, 11) is -3.01. The van der Waals surface area contributed by atoms with Crippen LogP contribution in [0.15, 0.2) is 60.8 Å². The van der Waals surface area contributed by atoms with Gasteiger partial charge in [0.2, 0.25) is 0 Å². The second-order valence-corrected chi connectivity index (χ2v) is 8.32. The zero-order chi connectivity index (χ0) is 17.7. The number of fused-ring (bicyclic) bond motifs is 1. The molecule has 0 radical (unpaired) electrons. The molecule has 0 bridgehead atoms. The van der Waals surface area contributed by atoms with E-state index >= 15 is 0 Å². The summed E-state index contributed by atoms with van der Waals surface area (Å²) in [6.45, 7) is 4.32. The fourth-order valence-electron chi connectivity index (χ4n) is 2.77. The fourth-order valence-corrected chi connectivity index (χ4v) is 4.59. The predicted molar refractivity (Wildman–Crippen MR) is 104 cm³/mol. The summed E-state index contributed by atoms with van der Waals surface area (Å²) >= 11 is 0. The van der Waals surface area contributed by atoms with Gasteiger partial charge in [-0.05, 0) is 38.0 Å². The molecule has 2 aromatic carbocycles. The van der Waals surface area contributed by atoms with Crippen LogP contribution in [0.25, 0.3) is 10.9 Å². The van der Waals surface area contributed by atoms with Crippen molar-refractivity contribution in [2.24, 2.45) is 0 Å². The molecule has 0 aliphatic rings. The van der Waals surface area contributed by atoms with E-state index in [1.165, 1.54) is 5.56 Å². The molecule has 5 heteroatoms. The Morgan fingerprint density at radius 1 is 1.08 bits per heavy atom. The molecule has 25 heavy (non-hydrogen) atoms. The maximum absolute atomic E-state index is 13.3. The number of pyridine rings is 1. The van der Waals surface area contributed by atoms with E-state index in [-0.39, 0.29) is 0 Å². The largest absolute Gasteiger partial charge is 0.314 e. The third-order valence-electron chi connectivity index (χ3n) is 4.08. The van der Waals surface area contributed by atoms with Crippen LogP contribution in [0.5, 0.6) is 0 Å². The lowest BCUT2D eigenvalue weighted by Crippen LogP contribution is -2.08. The zero-order valence-electron chi connectivity index (χ0n) is 14.6. The minimum absolute atomic E-state index is 0.399. The smallest absolute Gasteiger partial charge is 0.294 e. The first kappa shape index (κ1) is 17.7. The van der Waals surface area contributed by atoms with E-state index in [9.17, 15) is 4.57 Å². The summed E-state index contributed by atoms with van der Waals surface area (Å²) in [6.07, 6.45) is 2.88. The lowest BCUT2D eigenvalue weighted by molar-refractivity contribution is 0.337. The molecule has 1 N–H and O–H groups in total. The van der Waals surface area contributed by atoms with Crippen LogP contribution in [0, 0.1) is 6.92 Å². The molecule has 4 nitrogen and oxygen atoms in total. The van der Waals surface area contributed by atoms with Gasteiger partial charge in [-0.2, -0.15) is 0 Å². The van der Waals surface area contributed by atoms with Crippen molar-refractivity contribution in [2.45, 2.75) is 20.3 Å². The van der Waals surface area contributed by atoms with Gasteiger partial charge >= 0.3 is 0 Å². The molecule has 3 rings (SSSR count). The summed E-state index contributed by atoms with van der Waals surface area (Å²) in [6, 6.07) is 18.0. The molecule has 0 spiro atoms. The highest BCUT2D eigenvalue weighted by Gasteiger charge is 2.23. The highest BCUT2D eigenvalue weighted by atomic mass is 31.2. The number of aromatic nitrogens is 1. The molecule has 1 heterocycles. The summed E-state index contributed by atoms with van der Waals surface area (Å²) in [5, 5.41) is 4.16. The van der Waals surface area contributed by atoms with Crippen molar-refractivity contribution in [3.8, 4) is 0 Å². The first-order valence-corrected chi connectivity index (χ1v) is 10.3. The third-order valence-corrected chi connectivity index (χ3v) is 6.15. The molecular weight excluding hydrogens is 331 g/mol. The van der Waals surface area contributed by atoms with Crippen LogP contribution in [0.4, 0.5) is 5.69 Å².